The molecular formula is C22H17F2N3O3. The molecule has 0 saturated carbocycles. The molecule has 2 aromatic carbocycles. The van der Waals surface area contributed by atoms with Crippen molar-refractivity contribution in [2.24, 2.45) is 7.05 Å². The Kier molecular flexibility index (Phi) is 4.91. The number of nitrogens with one attached hydrogen (secondary N) is 1. The minimum Gasteiger partial charge on any atom is -0.408 e. The maximum Gasteiger partial charge on any atom is 0.419 e. The second-order valence-corrected chi connectivity index (χ2v) is 6.77. The molecule has 0 aliphatic carbocycles. The predicted octanol–water partition coefficient (Wildman–Crippen LogP) is 4.29. The molecule has 0 fully saturated rings. The quantitative estimate of drug-likeness (QED) is 0.546. The van der Waals surface area contributed by atoms with Crippen molar-refractivity contribution in [3.8, 4) is 11.1 Å². The molecule has 1 N–H and O–H groups in total. The summed E-state index contributed by atoms with van der Waals surface area (Å²) in [7, 11) is 1.65. The lowest BCUT2D eigenvalue weighted by Crippen LogP contribution is -2.14. The Balaban J connectivity index is 1.67. The van der Waals surface area contributed by atoms with Crippen LogP contribution in [-0.2, 0) is 13.5 Å². The lowest BCUT2D eigenvalue weighted by atomic mass is 9.96. The molecule has 2 aromatic heterocycles. The van der Waals surface area contributed by atoms with E-state index in [1.54, 1.807) is 37.4 Å². The second kappa shape index (κ2) is 7.55. The van der Waals surface area contributed by atoms with Gasteiger partial charge in [0.2, 0.25) is 0 Å². The molecule has 0 bridgehead atoms. The maximum absolute atomic E-state index is 13.7. The van der Waals surface area contributed by atoms with Gasteiger partial charge in [-0.3, -0.25) is 14.3 Å². The first-order valence-electron chi connectivity index (χ1n) is 9.22. The van der Waals surface area contributed by atoms with E-state index in [4.69, 9.17) is 4.42 Å². The summed E-state index contributed by atoms with van der Waals surface area (Å²) in [5.41, 5.74) is 3.57. The Morgan fingerprint density at radius 1 is 1.13 bits per heavy atom. The number of hydrogen-bond acceptors (Lipinski definition) is 4. The van der Waals surface area contributed by atoms with Gasteiger partial charge in [-0.25, -0.2) is 13.6 Å². The van der Waals surface area contributed by atoms with Crippen LogP contribution in [0.1, 0.15) is 22.8 Å². The number of anilines is 1. The molecule has 2 heterocycles. The van der Waals surface area contributed by atoms with Crippen LogP contribution in [0.5, 0.6) is 0 Å². The molecule has 6 nitrogen and oxygen atoms in total. The van der Waals surface area contributed by atoms with Gasteiger partial charge in [0.1, 0.15) is 5.69 Å². The number of benzene rings is 2. The van der Waals surface area contributed by atoms with Crippen LogP contribution in [0.2, 0.25) is 0 Å². The van der Waals surface area contributed by atoms with Crippen molar-refractivity contribution in [3.05, 3.63) is 82.1 Å². The van der Waals surface area contributed by atoms with Crippen molar-refractivity contribution in [2.75, 3.05) is 5.32 Å². The van der Waals surface area contributed by atoms with E-state index in [0.29, 0.717) is 11.1 Å². The van der Waals surface area contributed by atoms with Gasteiger partial charge in [0.25, 0.3) is 5.91 Å². The van der Waals surface area contributed by atoms with Gasteiger partial charge in [0.15, 0.2) is 17.2 Å². The zero-order chi connectivity index (χ0) is 21.4. The average Bonchev–Trinajstić information content (AvgIpc) is 3.03. The van der Waals surface area contributed by atoms with Crippen molar-refractivity contribution in [1.29, 1.82) is 0 Å². The number of halogens is 2. The Labute approximate surface area is 169 Å². The van der Waals surface area contributed by atoms with Crippen LogP contribution in [0.15, 0.2) is 58.0 Å². The number of fused-ring (bicyclic) bond motifs is 1. The van der Waals surface area contributed by atoms with E-state index in [1.165, 1.54) is 4.57 Å². The first kappa shape index (κ1) is 19.5. The number of carbonyl (C=O) groups is 1. The van der Waals surface area contributed by atoms with E-state index in [9.17, 15) is 18.4 Å². The summed E-state index contributed by atoms with van der Waals surface area (Å²) in [4.78, 5) is 27.6. The third kappa shape index (κ3) is 3.36. The van der Waals surface area contributed by atoms with E-state index in [1.807, 2.05) is 13.0 Å². The molecule has 152 valence electrons. The molecule has 4 rings (SSSR count). The monoisotopic (exact) mass is 409 g/mol. The average molecular weight is 409 g/mol. The number of hydrogen-bond donors (Lipinski definition) is 1. The summed E-state index contributed by atoms with van der Waals surface area (Å²) in [5.74, 6) is -2.99. The molecule has 0 radical (unpaired) electrons. The zero-order valence-electron chi connectivity index (χ0n) is 16.2. The molecule has 4 aromatic rings. The smallest absolute Gasteiger partial charge is 0.408 e. The van der Waals surface area contributed by atoms with Crippen molar-refractivity contribution in [1.82, 2.24) is 9.55 Å². The molecular weight excluding hydrogens is 392 g/mol. The molecule has 8 heteroatoms. The van der Waals surface area contributed by atoms with Gasteiger partial charge in [-0.2, -0.15) is 0 Å². The van der Waals surface area contributed by atoms with Crippen molar-refractivity contribution >= 4 is 22.7 Å². The Morgan fingerprint density at radius 3 is 2.43 bits per heavy atom. The van der Waals surface area contributed by atoms with Gasteiger partial charge in [-0.1, -0.05) is 19.1 Å². The maximum atomic E-state index is 13.7. The van der Waals surface area contributed by atoms with Crippen LogP contribution in [0, 0.1) is 11.6 Å². The lowest BCUT2D eigenvalue weighted by molar-refractivity contribution is 0.102. The van der Waals surface area contributed by atoms with Gasteiger partial charge in [0.05, 0.1) is 17.9 Å². The number of oxazole rings is 1. The van der Waals surface area contributed by atoms with E-state index in [2.05, 4.69) is 10.3 Å². The van der Waals surface area contributed by atoms with Crippen molar-refractivity contribution in [2.45, 2.75) is 13.3 Å². The third-order valence-corrected chi connectivity index (χ3v) is 4.95. The highest BCUT2D eigenvalue weighted by Gasteiger charge is 2.15. The van der Waals surface area contributed by atoms with Crippen LogP contribution in [-0.4, -0.2) is 15.5 Å². The van der Waals surface area contributed by atoms with E-state index >= 15 is 0 Å². The highest BCUT2D eigenvalue weighted by Crippen LogP contribution is 2.29. The van der Waals surface area contributed by atoms with Crippen molar-refractivity contribution in [3.63, 3.8) is 0 Å². The van der Waals surface area contributed by atoms with Crippen molar-refractivity contribution < 1.29 is 18.0 Å². The zero-order valence-corrected chi connectivity index (χ0v) is 16.2. The molecule has 0 spiro atoms. The van der Waals surface area contributed by atoms with Gasteiger partial charge < -0.3 is 9.73 Å². The minimum atomic E-state index is -0.954. The Morgan fingerprint density at radius 2 is 1.80 bits per heavy atom. The summed E-state index contributed by atoms with van der Waals surface area (Å²) in [6.07, 6.45) is 2.38. The molecule has 0 saturated heterocycles. The summed E-state index contributed by atoms with van der Waals surface area (Å²) in [6, 6.07) is 10.3. The SMILES string of the molecule is CCc1cc2c(cc1-c1ccc(C(=O)Nc3c(F)cncc3F)cc1)oc(=O)n2C. The number of aryl methyl sites for hydroxylation is 2. The first-order valence-corrected chi connectivity index (χ1v) is 9.22. The van der Waals surface area contributed by atoms with E-state index in [0.717, 1.165) is 35.5 Å². The van der Waals surface area contributed by atoms with Crippen LogP contribution < -0.4 is 11.1 Å². The summed E-state index contributed by atoms with van der Waals surface area (Å²) in [6.45, 7) is 2.00. The minimum absolute atomic E-state index is 0.236. The molecule has 0 aliphatic rings. The van der Waals surface area contributed by atoms with Crippen LogP contribution >= 0.6 is 0 Å². The number of nitrogens with zero attached hydrogens (tertiary/aromatic N) is 2. The molecule has 0 unspecified atom stereocenters. The van der Waals surface area contributed by atoms with Gasteiger partial charge >= 0.3 is 5.76 Å². The topological polar surface area (TPSA) is 77.1 Å². The fraction of sp³-hybridized carbons (Fsp3) is 0.136. The van der Waals surface area contributed by atoms with E-state index < -0.39 is 29.0 Å². The Bertz CT molecular complexity index is 1300. The van der Waals surface area contributed by atoms with Gasteiger partial charge in [0, 0.05) is 12.6 Å². The largest absolute Gasteiger partial charge is 0.419 e. The third-order valence-electron chi connectivity index (χ3n) is 4.95. The van der Waals surface area contributed by atoms with E-state index in [-0.39, 0.29) is 5.56 Å². The van der Waals surface area contributed by atoms with Gasteiger partial charge in [-0.15, -0.1) is 0 Å². The summed E-state index contributed by atoms with van der Waals surface area (Å²) in [5, 5.41) is 2.23. The number of rotatable bonds is 4. The molecule has 0 aliphatic heterocycles. The number of carbonyl (C=O) groups excluding carboxylic acids is 1. The van der Waals surface area contributed by atoms with Gasteiger partial charge in [-0.05, 0) is 47.4 Å². The Hall–Kier alpha value is -3.81. The number of amides is 1. The molecule has 30 heavy (non-hydrogen) atoms. The molecule has 1 amide bonds. The predicted molar refractivity (Wildman–Crippen MR) is 108 cm³/mol. The lowest BCUT2D eigenvalue weighted by Gasteiger charge is -2.10. The van der Waals surface area contributed by atoms with Crippen LogP contribution in [0.4, 0.5) is 14.5 Å². The highest BCUT2D eigenvalue weighted by molar-refractivity contribution is 6.04. The first-order chi connectivity index (χ1) is 14.4. The fourth-order valence-electron chi connectivity index (χ4n) is 3.30. The second-order valence-electron chi connectivity index (χ2n) is 6.77. The fourth-order valence-corrected chi connectivity index (χ4v) is 3.30. The van der Waals surface area contributed by atoms with Crippen LogP contribution in [0.3, 0.4) is 0 Å². The standard InChI is InChI=1S/C22H17F2N3O3/c1-3-12-8-18-19(30-22(29)27(18)2)9-15(12)13-4-6-14(7-5-13)21(28)26-20-16(23)10-25-11-17(20)24/h4-11H,3H2,1-2H3,(H,25,26,28). The number of aromatic nitrogens is 2. The summed E-state index contributed by atoms with van der Waals surface area (Å²) < 4.78 is 34.1. The normalized spacial score (nSPS) is 11.1. The number of pyridine rings is 1. The highest BCUT2D eigenvalue weighted by atomic mass is 19.1. The van der Waals surface area contributed by atoms with Crippen LogP contribution in [0.25, 0.3) is 22.2 Å². The molecule has 0 atom stereocenters. The summed E-state index contributed by atoms with van der Waals surface area (Å²) >= 11 is 0.